The lowest BCUT2D eigenvalue weighted by atomic mass is 10.0. The highest BCUT2D eigenvalue weighted by Gasteiger charge is 2.27. The second-order valence-electron chi connectivity index (χ2n) is 30.9. The van der Waals surface area contributed by atoms with Crippen LogP contribution in [0.5, 0.6) is 0 Å². The van der Waals surface area contributed by atoms with Crippen LogP contribution < -0.4 is 0 Å². The van der Waals surface area contributed by atoms with Crippen LogP contribution in [-0.4, -0.2) is 74.9 Å². The molecule has 0 amide bonds. The number of rotatable bonds is 82. The lowest BCUT2D eigenvalue weighted by molar-refractivity contribution is -0.870. The predicted molar refractivity (Wildman–Crippen MR) is 445 cm³/mol. The quantitative estimate of drug-likeness (QED) is 0.0211. The maximum absolute atomic E-state index is 12.9. The van der Waals surface area contributed by atoms with E-state index in [2.05, 4.69) is 111 Å². The fraction of sp³-hybridized carbons (Fsp3) is 0.804. The summed E-state index contributed by atoms with van der Waals surface area (Å²) >= 11 is 0. The lowest BCUT2D eigenvalue weighted by Crippen LogP contribution is -2.37. The van der Waals surface area contributed by atoms with Crippen molar-refractivity contribution in [2.75, 3.05) is 47.5 Å². The predicted octanol–water partition coefficient (Wildman–Crippen LogP) is 29.7. The Hall–Kier alpha value is -3.07. The summed E-state index contributed by atoms with van der Waals surface area (Å²) in [6.07, 6.45) is 116. The molecule has 102 heavy (non-hydrogen) atoms. The van der Waals surface area contributed by atoms with Gasteiger partial charge in [0, 0.05) is 12.8 Å². The molecule has 0 aromatic rings. The zero-order valence-electron chi connectivity index (χ0n) is 68.1. The lowest BCUT2D eigenvalue weighted by Gasteiger charge is -2.24. The van der Waals surface area contributed by atoms with Gasteiger partial charge in [0.1, 0.15) is 19.8 Å². The largest absolute Gasteiger partial charge is 0.472 e. The number of phosphoric ester groups is 1. The number of allylic oxidation sites excluding steroid dienone is 16. The maximum atomic E-state index is 12.9. The van der Waals surface area contributed by atoms with Crippen molar-refractivity contribution in [3.8, 4) is 0 Å². The topological polar surface area (TPSA) is 108 Å². The molecule has 0 aliphatic carbocycles. The van der Waals surface area contributed by atoms with Crippen molar-refractivity contribution in [3.63, 3.8) is 0 Å². The maximum Gasteiger partial charge on any atom is 0.472 e. The molecular weight excluding hydrogens is 1280 g/mol. The van der Waals surface area contributed by atoms with Gasteiger partial charge >= 0.3 is 19.8 Å². The van der Waals surface area contributed by atoms with E-state index < -0.39 is 26.5 Å². The molecule has 594 valence electrons. The zero-order chi connectivity index (χ0) is 74.0. The van der Waals surface area contributed by atoms with Crippen molar-refractivity contribution >= 4 is 19.8 Å². The third-order valence-corrected chi connectivity index (χ3v) is 20.6. The number of ether oxygens (including phenoxy) is 2. The number of hydrogen-bond acceptors (Lipinski definition) is 7. The molecule has 0 aliphatic heterocycles. The Kier molecular flexibility index (Phi) is 79.5. The summed E-state index contributed by atoms with van der Waals surface area (Å²) in [4.78, 5) is 36.1. The molecule has 0 aliphatic rings. The van der Waals surface area contributed by atoms with Crippen molar-refractivity contribution in [2.24, 2.45) is 0 Å². The normalized spacial score (nSPS) is 13.4. The van der Waals surface area contributed by atoms with E-state index in [0.717, 1.165) is 77.0 Å². The van der Waals surface area contributed by atoms with Gasteiger partial charge in [-0.2, -0.15) is 0 Å². The highest BCUT2D eigenvalue weighted by molar-refractivity contribution is 7.47. The summed E-state index contributed by atoms with van der Waals surface area (Å²) in [5.41, 5.74) is 0. The number of esters is 2. The van der Waals surface area contributed by atoms with Gasteiger partial charge in [-0.3, -0.25) is 18.6 Å². The summed E-state index contributed by atoms with van der Waals surface area (Å²) in [5, 5.41) is 0. The molecule has 0 rings (SSSR count). The average Bonchev–Trinajstić information content (AvgIpc) is 0.916. The van der Waals surface area contributed by atoms with Crippen molar-refractivity contribution < 1.29 is 42.1 Å². The van der Waals surface area contributed by atoms with Crippen LogP contribution in [0.4, 0.5) is 0 Å². The van der Waals surface area contributed by atoms with Gasteiger partial charge in [-0.05, 0) is 96.3 Å². The van der Waals surface area contributed by atoms with Crippen LogP contribution in [-0.2, 0) is 32.7 Å². The van der Waals surface area contributed by atoms with Crippen molar-refractivity contribution in [2.45, 2.75) is 431 Å². The third kappa shape index (κ3) is 85.9. The number of hydrogen-bond donors (Lipinski definition) is 1. The van der Waals surface area contributed by atoms with Crippen LogP contribution >= 0.6 is 7.82 Å². The van der Waals surface area contributed by atoms with Crippen LogP contribution in [0, 0.1) is 0 Å². The Bertz CT molecular complexity index is 2050. The van der Waals surface area contributed by atoms with Gasteiger partial charge in [0.05, 0.1) is 27.7 Å². The van der Waals surface area contributed by atoms with Crippen LogP contribution in [0.25, 0.3) is 0 Å². The Balaban J connectivity index is 3.87. The summed E-state index contributed by atoms with van der Waals surface area (Å²) in [7, 11) is 1.50. The molecule has 10 heteroatoms. The summed E-state index contributed by atoms with van der Waals surface area (Å²) < 4.78 is 34.9. The van der Waals surface area contributed by atoms with E-state index in [4.69, 9.17) is 18.5 Å². The molecule has 0 bridgehead atoms. The molecular formula is C92H169NO8P+. The summed E-state index contributed by atoms with van der Waals surface area (Å²) in [5.74, 6) is -0.775. The molecule has 0 radical (unpaired) electrons. The van der Waals surface area contributed by atoms with Crippen molar-refractivity contribution in [1.82, 2.24) is 0 Å². The molecule has 2 unspecified atom stereocenters. The molecule has 0 fully saturated rings. The molecule has 0 aromatic carbocycles. The zero-order valence-corrected chi connectivity index (χ0v) is 69.0. The fourth-order valence-corrected chi connectivity index (χ4v) is 13.7. The van der Waals surface area contributed by atoms with E-state index in [9.17, 15) is 19.0 Å². The molecule has 1 N–H and O–H groups in total. The standard InChI is InChI=1S/C92H168NO8P/c1-6-8-10-12-14-16-18-20-22-24-26-28-30-32-34-36-38-40-42-44-45-46-47-49-51-53-55-57-59-61-63-65-67-69-71-73-75-77-79-81-83-85-92(95)101-90(89-100-102(96,97)99-87-86-93(3,4)5)88-98-91(94)84-82-80-78-76-74-72-70-68-66-64-62-60-58-56-54-52-50-48-43-41-39-37-35-33-31-29-27-25-23-21-19-17-15-13-11-9-7-2/h8,10,14,16,19-22,25-28,31-34,90H,6-7,9,11-13,15,17-18,23-24,29-30,35-89H2,1-5H3/p+1/b10-8-,16-14-,21-19-,22-20-,27-25-,28-26-,33-31-,34-32-. The minimum atomic E-state index is -4.40. The number of quaternary nitrogens is 1. The first-order valence-electron chi connectivity index (χ1n) is 44.0. The Morgan fingerprint density at radius 3 is 0.833 bits per heavy atom. The summed E-state index contributed by atoms with van der Waals surface area (Å²) in [6.45, 7) is 4.37. The van der Waals surface area contributed by atoms with Gasteiger partial charge < -0.3 is 18.9 Å². The Labute approximate surface area is 634 Å². The number of phosphoric acid groups is 1. The number of carbonyl (C=O) groups excluding carboxylic acids is 2. The van der Waals surface area contributed by atoms with Gasteiger partial charge in [-0.25, -0.2) is 4.57 Å². The minimum Gasteiger partial charge on any atom is -0.462 e. The van der Waals surface area contributed by atoms with Crippen LogP contribution in [0.2, 0.25) is 0 Å². The second kappa shape index (κ2) is 82.0. The van der Waals surface area contributed by atoms with E-state index in [-0.39, 0.29) is 25.6 Å². The van der Waals surface area contributed by atoms with Crippen LogP contribution in [0.15, 0.2) is 97.2 Å². The molecule has 9 nitrogen and oxygen atoms in total. The van der Waals surface area contributed by atoms with Gasteiger partial charge in [0.25, 0.3) is 0 Å². The first-order chi connectivity index (χ1) is 50.0. The Morgan fingerprint density at radius 2 is 0.559 bits per heavy atom. The first kappa shape index (κ1) is 98.9. The number of unbranched alkanes of at least 4 members (excludes halogenated alkanes) is 52. The molecule has 0 spiro atoms. The highest BCUT2D eigenvalue weighted by atomic mass is 31.2. The van der Waals surface area contributed by atoms with E-state index in [1.54, 1.807) is 0 Å². The van der Waals surface area contributed by atoms with Gasteiger partial charge in [-0.15, -0.1) is 0 Å². The van der Waals surface area contributed by atoms with Crippen LogP contribution in [0.3, 0.4) is 0 Å². The van der Waals surface area contributed by atoms with Crippen LogP contribution in [0.1, 0.15) is 425 Å². The van der Waals surface area contributed by atoms with Crippen molar-refractivity contribution in [1.29, 1.82) is 0 Å². The average molecular weight is 1450 g/mol. The second-order valence-corrected chi connectivity index (χ2v) is 32.4. The Morgan fingerprint density at radius 1 is 0.314 bits per heavy atom. The molecule has 0 saturated heterocycles. The SMILES string of the molecule is CC/C=C\C/C=C\C/C=C\C/C=C\C/C=C\CCCCCCCCCCCCCCCCCCCCCCCCCCCC(=O)OC(COC(=O)CCCCCCCCCCCCCCCCCCCCCCCC/C=C\C/C=C\C/C=C\CCCCCCC)COP(=O)(O)OCC[N+](C)(C)C. The highest BCUT2D eigenvalue weighted by Crippen LogP contribution is 2.43. The monoisotopic (exact) mass is 1450 g/mol. The van der Waals surface area contributed by atoms with Gasteiger partial charge in [0.2, 0.25) is 0 Å². The third-order valence-electron chi connectivity index (χ3n) is 19.6. The summed E-state index contributed by atoms with van der Waals surface area (Å²) in [6, 6.07) is 0. The van der Waals surface area contributed by atoms with E-state index in [1.807, 2.05) is 21.1 Å². The number of carbonyl (C=O) groups is 2. The molecule has 0 aromatic heterocycles. The molecule has 2 atom stereocenters. The molecule has 0 heterocycles. The van der Waals surface area contributed by atoms with Crippen molar-refractivity contribution in [3.05, 3.63) is 97.2 Å². The minimum absolute atomic E-state index is 0.0330. The fourth-order valence-electron chi connectivity index (χ4n) is 12.9. The smallest absolute Gasteiger partial charge is 0.462 e. The van der Waals surface area contributed by atoms with E-state index in [0.29, 0.717) is 23.9 Å². The molecule has 0 saturated carbocycles. The first-order valence-corrected chi connectivity index (χ1v) is 45.5. The van der Waals surface area contributed by atoms with E-state index >= 15 is 0 Å². The number of nitrogens with zero attached hydrogens (tertiary/aromatic N) is 1. The van der Waals surface area contributed by atoms with E-state index in [1.165, 1.54) is 315 Å². The van der Waals surface area contributed by atoms with Gasteiger partial charge in [-0.1, -0.05) is 413 Å². The number of likely N-dealkylation sites (N-methyl/N-ethyl adjacent to an activating group) is 1. The van der Waals surface area contributed by atoms with Gasteiger partial charge in [0.15, 0.2) is 6.10 Å².